The summed E-state index contributed by atoms with van der Waals surface area (Å²) in [6.45, 7) is 17.6. The van der Waals surface area contributed by atoms with Gasteiger partial charge in [-0.25, -0.2) is 4.98 Å². The fraction of sp³-hybridized carbons (Fsp3) is 0.429. The van der Waals surface area contributed by atoms with Gasteiger partial charge in [0.1, 0.15) is 30.2 Å². The summed E-state index contributed by atoms with van der Waals surface area (Å²) in [4.78, 5) is 82.4. The second-order valence-corrected chi connectivity index (χ2v) is 22.4. The molecule has 0 spiro atoms. The van der Waals surface area contributed by atoms with Gasteiger partial charge in [-0.3, -0.25) is 24.0 Å². The molecule has 9 rings (SSSR count). The van der Waals surface area contributed by atoms with E-state index in [1.807, 2.05) is 114 Å². The van der Waals surface area contributed by atoms with Gasteiger partial charge >= 0.3 is 0 Å². The molecule has 0 radical (unpaired) electrons. The van der Waals surface area contributed by atoms with E-state index in [-0.39, 0.29) is 67.9 Å². The van der Waals surface area contributed by atoms with E-state index in [4.69, 9.17) is 18.9 Å². The summed E-state index contributed by atoms with van der Waals surface area (Å²) in [5.41, 5.74) is 11.9. The molecule has 2 aromatic heterocycles. The van der Waals surface area contributed by atoms with Crippen molar-refractivity contribution in [1.82, 2.24) is 30.4 Å². The lowest BCUT2D eigenvalue weighted by molar-refractivity contribution is -0.143. The Morgan fingerprint density at radius 2 is 1.64 bits per heavy atom. The number of β-amino-alcohol motifs (C(OH)–C–C–N with tert-alkyl or cyclic N) is 1. The number of aromatic nitrogens is 2. The number of hydrogen-bond donors (Lipinski definition) is 4. The Hall–Kier alpha value is -7.38. The van der Waals surface area contributed by atoms with Gasteiger partial charge < -0.3 is 54.4 Å². The number of amides is 4. The van der Waals surface area contributed by atoms with Crippen LogP contribution in [0.15, 0.2) is 95.2 Å². The monoisotopic (exact) mass is 1120 g/mol. The Balaban J connectivity index is 0.790. The first-order chi connectivity index (χ1) is 39.1. The molecule has 0 saturated carbocycles. The Kier molecular flexibility index (Phi) is 19.0. The lowest BCUT2D eigenvalue weighted by Gasteiger charge is -2.37. The highest BCUT2D eigenvalue weighted by Gasteiger charge is 2.46. The number of nitrogens with one attached hydrogen (secondary N) is 3. The molecule has 17 nitrogen and oxygen atoms in total. The van der Waals surface area contributed by atoms with Crippen molar-refractivity contribution in [3.05, 3.63) is 151 Å². The first-order valence-electron chi connectivity index (χ1n) is 28.2. The van der Waals surface area contributed by atoms with Gasteiger partial charge in [0.15, 0.2) is 0 Å². The number of likely N-dealkylation sites (tertiary alicyclic amines) is 1. The molecular weight excluding hydrogens is 1050 g/mol. The van der Waals surface area contributed by atoms with Crippen molar-refractivity contribution < 1.29 is 43.2 Å². The molecule has 18 heteroatoms. The first-order valence-corrected chi connectivity index (χ1v) is 29.1. The van der Waals surface area contributed by atoms with Crippen molar-refractivity contribution in [2.45, 2.75) is 118 Å². The van der Waals surface area contributed by atoms with Crippen LogP contribution in [0.2, 0.25) is 0 Å². The zero-order valence-corrected chi connectivity index (χ0v) is 48.3. The third-order valence-electron chi connectivity index (χ3n) is 15.7. The summed E-state index contributed by atoms with van der Waals surface area (Å²) in [5, 5.41) is 16.9. The third-order valence-corrected chi connectivity index (χ3v) is 16.6. The minimum Gasteiger partial charge on any atom is -0.494 e. The average molecular weight is 1120 g/mol. The number of carbonyl (C=O) groups is 4. The van der Waals surface area contributed by atoms with Crippen LogP contribution in [-0.4, -0.2) is 125 Å². The summed E-state index contributed by atoms with van der Waals surface area (Å²) in [7, 11) is 0. The van der Waals surface area contributed by atoms with E-state index in [1.54, 1.807) is 16.5 Å². The number of hydrogen-bond acceptors (Lipinski definition) is 13. The summed E-state index contributed by atoms with van der Waals surface area (Å²) in [6.07, 6.45) is 1.61. The van der Waals surface area contributed by atoms with Gasteiger partial charge in [0.05, 0.1) is 35.4 Å². The molecular formula is C63H75N7O10S. The van der Waals surface area contributed by atoms with Crippen molar-refractivity contribution in [1.29, 1.82) is 0 Å². The molecule has 4 aromatic carbocycles. The number of H-pyrrole nitrogens is 1. The Bertz CT molecular complexity index is 3280. The summed E-state index contributed by atoms with van der Waals surface area (Å²) < 4.78 is 24.2. The number of benzene rings is 4. The number of fused-ring (bicyclic) bond motifs is 1. The minimum absolute atomic E-state index is 0.00958. The van der Waals surface area contributed by atoms with Gasteiger partial charge in [-0.05, 0) is 129 Å². The van der Waals surface area contributed by atoms with E-state index < -0.39 is 24.1 Å². The predicted molar refractivity (Wildman–Crippen MR) is 313 cm³/mol. The largest absolute Gasteiger partial charge is 0.494 e. The van der Waals surface area contributed by atoms with Gasteiger partial charge in [0, 0.05) is 105 Å². The number of anilines is 1. The van der Waals surface area contributed by atoms with E-state index >= 15 is 0 Å². The highest BCUT2D eigenvalue weighted by molar-refractivity contribution is 7.13. The maximum atomic E-state index is 14.3. The van der Waals surface area contributed by atoms with Crippen molar-refractivity contribution in [2.75, 3.05) is 57.6 Å². The van der Waals surface area contributed by atoms with E-state index in [0.717, 1.165) is 80.3 Å². The maximum Gasteiger partial charge on any atom is 0.255 e. The molecule has 2 fully saturated rings. The second kappa shape index (κ2) is 26.5. The number of thiazole rings is 1. The number of nitrogens with zero attached hydrogens (tertiary/aromatic N) is 4. The molecule has 0 aliphatic carbocycles. The second-order valence-electron chi connectivity index (χ2n) is 21.6. The molecule has 3 aliphatic heterocycles. The number of aliphatic hydroxyl groups is 1. The van der Waals surface area contributed by atoms with Crippen LogP contribution in [0.4, 0.5) is 5.69 Å². The number of rotatable bonds is 23. The number of aryl methyl sites for hydroxylation is 3. The van der Waals surface area contributed by atoms with Gasteiger partial charge in [-0.2, -0.15) is 0 Å². The molecule has 0 bridgehead atoms. The molecule has 3 aliphatic rings. The smallest absolute Gasteiger partial charge is 0.255 e. The van der Waals surface area contributed by atoms with Crippen LogP contribution in [-0.2, 0) is 38.7 Å². The molecule has 6 aromatic rings. The molecule has 2 saturated heterocycles. The van der Waals surface area contributed by atoms with Crippen LogP contribution in [0.5, 0.6) is 11.5 Å². The summed E-state index contributed by atoms with van der Waals surface area (Å²) >= 11 is 1.53. The number of aliphatic hydroxyl groups excluding tert-OH is 1. The Morgan fingerprint density at radius 3 is 2.36 bits per heavy atom. The van der Waals surface area contributed by atoms with Crippen LogP contribution in [0.25, 0.3) is 21.6 Å². The van der Waals surface area contributed by atoms with Crippen molar-refractivity contribution in [3.63, 3.8) is 0 Å². The van der Waals surface area contributed by atoms with E-state index in [0.29, 0.717) is 74.2 Å². The van der Waals surface area contributed by atoms with Gasteiger partial charge in [0.2, 0.25) is 11.8 Å². The predicted octanol–water partition coefficient (Wildman–Crippen LogP) is 8.46. The SMILES string of the molecule is CCN(c1cc(-c2ccc(OCCCOCCOc3cc(-c4scnc4C)ccc3CNC(=O)C3C[C@@H](O)CN3C(=O)[C@H](C(C)C)N3Cc4ccccc4C3=O)cc2)cc(C(=O)NCc2c(C)cc(C)[nH]c2=O)c1C)C1CCOCC1. The molecule has 4 N–H and O–H groups in total. The van der Waals surface area contributed by atoms with Gasteiger partial charge in [-0.15, -0.1) is 11.3 Å². The number of ether oxygens (including phenoxy) is 4. The van der Waals surface area contributed by atoms with Crippen molar-refractivity contribution in [2.24, 2.45) is 5.92 Å². The van der Waals surface area contributed by atoms with Crippen LogP contribution >= 0.6 is 11.3 Å². The lowest BCUT2D eigenvalue weighted by Crippen LogP contribution is -2.55. The molecule has 428 valence electrons. The molecule has 1 unspecified atom stereocenters. The van der Waals surface area contributed by atoms with E-state index in [9.17, 15) is 29.1 Å². The fourth-order valence-electron chi connectivity index (χ4n) is 11.4. The van der Waals surface area contributed by atoms with Crippen LogP contribution in [0, 0.1) is 33.6 Å². The highest BCUT2D eigenvalue weighted by atomic mass is 32.1. The summed E-state index contributed by atoms with van der Waals surface area (Å²) in [6, 6.07) is 25.6. The molecule has 5 heterocycles. The normalized spacial score (nSPS) is 16.6. The zero-order chi connectivity index (χ0) is 57.3. The van der Waals surface area contributed by atoms with Crippen molar-refractivity contribution >= 4 is 40.7 Å². The van der Waals surface area contributed by atoms with Gasteiger partial charge in [0.25, 0.3) is 17.4 Å². The zero-order valence-electron chi connectivity index (χ0n) is 47.5. The van der Waals surface area contributed by atoms with Crippen LogP contribution < -0.4 is 30.6 Å². The lowest BCUT2D eigenvalue weighted by atomic mass is 9.95. The quantitative estimate of drug-likeness (QED) is 0.0446. The Morgan fingerprint density at radius 1 is 0.877 bits per heavy atom. The summed E-state index contributed by atoms with van der Waals surface area (Å²) in [5.74, 6) is -0.201. The first kappa shape index (κ1) is 58.3. The number of aromatic amines is 1. The maximum absolute atomic E-state index is 14.3. The van der Waals surface area contributed by atoms with Crippen molar-refractivity contribution in [3.8, 4) is 33.1 Å². The number of pyridine rings is 1. The molecule has 81 heavy (non-hydrogen) atoms. The standard InChI is InChI=1S/C63H75N7O10S/c1-8-68(48-20-24-78-25-21-48)54-30-47(29-52(41(54)6)59(72)65-34-53-39(4)28-40(5)67-60(53)73)43-16-18-50(19-17-43)79-23-11-22-77-26-27-80-56-31-44(58-42(7)66-37-81-58)14-15-45(56)33-64-61(74)55-32-49(71)36-69(55)63(76)57(38(2)3)70-35-46-12-9-10-13-51(46)62(70)75/h9-10,12-19,28-31,37-38,48-49,55,57,71H,8,11,20-27,32-36H2,1-7H3,(H,64,74)(H,65,72)(H,67,73)/t49-,55?,57+/m1/s1. The highest BCUT2D eigenvalue weighted by Crippen LogP contribution is 2.36. The van der Waals surface area contributed by atoms with Crippen LogP contribution in [0.3, 0.4) is 0 Å². The fourth-order valence-corrected chi connectivity index (χ4v) is 12.2. The Labute approximate surface area is 478 Å². The molecule has 4 amide bonds. The van der Waals surface area contributed by atoms with E-state index in [1.165, 1.54) is 16.2 Å². The topological polar surface area (TPSA) is 205 Å². The van der Waals surface area contributed by atoms with Crippen LogP contribution in [0.1, 0.15) is 106 Å². The number of carbonyl (C=O) groups excluding carboxylic acids is 4. The molecule has 3 atom stereocenters. The van der Waals surface area contributed by atoms with Gasteiger partial charge in [-0.1, -0.05) is 56.3 Å². The minimum atomic E-state index is -0.924. The average Bonchev–Trinajstić information content (AvgIpc) is 4.37. The third kappa shape index (κ3) is 13.5. The van der Waals surface area contributed by atoms with E-state index in [2.05, 4.69) is 38.5 Å².